The second kappa shape index (κ2) is 10.4. The van der Waals surface area contributed by atoms with Crippen molar-refractivity contribution in [1.29, 1.82) is 0 Å². The Hall–Kier alpha value is -5.29. The number of anilines is 3. The van der Waals surface area contributed by atoms with Crippen LogP contribution in [0.3, 0.4) is 0 Å². The minimum Gasteiger partial charge on any atom is -0.354 e. The minimum absolute atomic E-state index is 0.218. The molecule has 6 aromatic rings. The van der Waals surface area contributed by atoms with Gasteiger partial charge >= 0.3 is 0 Å². The Labute approximate surface area is 220 Å². The number of carbonyl (C=O) groups is 1. The first-order chi connectivity index (χ1) is 18.7. The Balaban J connectivity index is 1.36. The summed E-state index contributed by atoms with van der Waals surface area (Å²) >= 11 is 0. The van der Waals surface area contributed by atoms with E-state index in [1.54, 1.807) is 12.1 Å². The van der Waals surface area contributed by atoms with Crippen molar-refractivity contribution in [2.24, 2.45) is 0 Å². The van der Waals surface area contributed by atoms with Crippen molar-refractivity contribution in [3.05, 3.63) is 139 Å². The zero-order chi connectivity index (χ0) is 25.7. The summed E-state index contributed by atoms with van der Waals surface area (Å²) in [5.74, 6) is -0.218. The topological polar surface area (TPSA) is 66.9 Å². The van der Waals surface area contributed by atoms with E-state index in [9.17, 15) is 4.79 Å². The first-order valence-electron chi connectivity index (χ1n) is 12.4. The third-order valence-electron chi connectivity index (χ3n) is 6.25. The molecular weight excluding hydrogens is 468 g/mol. The van der Waals surface area contributed by atoms with Gasteiger partial charge in [-0.2, -0.15) is 0 Å². The van der Waals surface area contributed by atoms with Crippen LogP contribution < -0.4 is 10.6 Å². The molecule has 5 nitrogen and oxygen atoms in total. The van der Waals surface area contributed by atoms with Crippen molar-refractivity contribution in [1.82, 2.24) is 9.97 Å². The minimum atomic E-state index is -0.218. The number of fused-ring (bicyclic) bond motifs is 1. The van der Waals surface area contributed by atoms with Crippen LogP contribution in [0.25, 0.3) is 33.5 Å². The van der Waals surface area contributed by atoms with E-state index in [1.165, 1.54) is 0 Å². The fourth-order valence-corrected chi connectivity index (χ4v) is 4.36. The third-order valence-corrected chi connectivity index (χ3v) is 6.25. The Morgan fingerprint density at radius 1 is 0.526 bits per heavy atom. The fraction of sp³-hybridized carbons (Fsp3) is 0. The van der Waals surface area contributed by atoms with Crippen LogP contribution in [-0.2, 0) is 0 Å². The maximum absolute atomic E-state index is 13.3. The molecule has 1 heterocycles. The Kier molecular flexibility index (Phi) is 6.31. The number of nitrogens with one attached hydrogen (secondary N) is 2. The molecule has 2 N–H and O–H groups in total. The van der Waals surface area contributed by atoms with Gasteiger partial charge in [0.15, 0.2) is 0 Å². The molecule has 1 amide bonds. The lowest BCUT2D eigenvalue weighted by molar-refractivity contribution is 0.102. The van der Waals surface area contributed by atoms with Crippen LogP contribution in [0.4, 0.5) is 17.1 Å². The Morgan fingerprint density at radius 2 is 1.05 bits per heavy atom. The molecule has 5 aromatic carbocycles. The van der Waals surface area contributed by atoms with E-state index in [1.807, 2.05) is 121 Å². The third kappa shape index (κ3) is 4.86. The van der Waals surface area contributed by atoms with Gasteiger partial charge in [-0.15, -0.1) is 0 Å². The molecule has 182 valence electrons. The molecule has 0 aliphatic rings. The Bertz CT molecular complexity index is 1720. The quantitative estimate of drug-likeness (QED) is 0.247. The highest BCUT2D eigenvalue weighted by atomic mass is 16.1. The summed E-state index contributed by atoms with van der Waals surface area (Å²) in [6.45, 7) is 0. The first-order valence-corrected chi connectivity index (χ1v) is 12.4. The number of carbonyl (C=O) groups excluding carboxylic acids is 1. The van der Waals surface area contributed by atoms with Crippen LogP contribution in [0.15, 0.2) is 133 Å². The molecule has 0 fully saturated rings. The molecule has 0 atom stereocenters. The van der Waals surface area contributed by atoms with Crippen LogP contribution in [0.2, 0.25) is 0 Å². The van der Waals surface area contributed by atoms with Gasteiger partial charge in [0.1, 0.15) is 0 Å². The van der Waals surface area contributed by atoms with Gasteiger partial charge in [0.05, 0.1) is 33.8 Å². The summed E-state index contributed by atoms with van der Waals surface area (Å²) in [5, 5.41) is 6.41. The highest BCUT2D eigenvalue weighted by molar-refractivity contribution is 6.07. The molecule has 0 aliphatic carbocycles. The van der Waals surface area contributed by atoms with Crippen molar-refractivity contribution in [2.75, 3.05) is 10.6 Å². The molecule has 0 aliphatic heterocycles. The Morgan fingerprint density at radius 3 is 1.68 bits per heavy atom. The highest BCUT2D eigenvalue weighted by Crippen LogP contribution is 2.31. The second-order valence-electron chi connectivity index (χ2n) is 8.85. The van der Waals surface area contributed by atoms with Crippen LogP contribution >= 0.6 is 0 Å². The molecule has 1 aromatic heterocycles. The van der Waals surface area contributed by atoms with Gasteiger partial charge in [0, 0.05) is 22.4 Å². The molecule has 0 saturated carbocycles. The van der Waals surface area contributed by atoms with E-state index in [4.69, 9.17) is 9.97 Å². The average Bonchev–Trinajstić information content (AvgIpc) is 2.98. The summed E-state index contributed by atoms with van der Waals surface area (Å²) in [6.07, 6.45) is 0. The molecule has 0 bridgehead atoms. The van der Waals surface area contributed by atoms with E-state index in [0.717, 1.165) is 39.4 Å². The fourth-order valence-electron chi connectivity index (χ4n) is 4.36. The number of benzene rings is 5. The van der Waals surface area contributed by atoms with Gasteiger partial charge in [-0.3, -0.25) is 4.79 Å². The number of rotatable bonds is 6. The van der Waals surface area contributed by atoms with Crippen LogP contribution in [-0.4, -0.2) is 15.9 Å². The molecule has 6 rings (SSSR count). The normalized spacial score (nSPS) is 10.7. The van der Waals surface area contributed by atoms with Gasteiger partial charge in [-0.25, -0.2) is 9.97 Å². The van der Waals surface area contributed by atoms with Crippen molar-refractivity contribution in [2.45, 2.75) is 0 Å². The van der Waals surface area contributed by atoms with E-state index >= 15 is 0 Å². The van der Waals surface area contributed by atoms with Crippen LogP contribution in [0, 0.1) is 0 Å². The summed E-state index contributed by atoms with van der Waals surface area (Å²) in [6, 6.07) is 43.0. The van der Waals surface area contributed by atoms with Crippen molar-refractivity contribution < 1.29 is 4.79 Å². The summed E-state index contributed by atoms with van der Waals surface area (Å²) < 4.78 is 0. The number of nitrogens with zero attached hydrogens (tertiary/aromatic N) is 2. The van der Waals surface area contributed by atoms with E-state index in [2.05, 4.69) is 10.6 Å². The molecular formula is C33H24N4O. The largest absolute Gasteiger partial charge is 0.354 e. The average molecular weight is 493 g/mol. The van der Waals surface area contributed by atoms with E-state index in [0.29, 0.717) is 16.8 Å². The van der Waals surface area contributed by atoms with Crippen LogP contribution in [0.1, 0.15) is 10.4 Å². The molecule has 0 unspecified atom stereocenters. The van der Waals surface area contributed by atoms with Gasteiger partial charge in [0.2, 0.25) is 0 Å². The maximum atomic E-state index is 13.3. The van der Waals surface area contributed by atoms with E-state index in [-0.39, 0.29) is 5.91 Å². The van der Waals surface area contributed by atoms with Crippen molar-refractivity contribution in [3.63, 3.8) is 0 Å². The zero-order valence-corrected chi connectivity index (χ0v) is 20.5. The lowest BCUT2D eigenvalue weighted by Crippen LogP contribution is -2.13. The van der Waals surface area contributed by atoms with Gasteiger partial charge in [0.25, 0.3) is 5.91 Å². The van der Waals surface area contributed by atoms with Crippen molar-refractivity contribution in [3.8, 4) is 22.5 Å². The molecule has 38 heavy (non-hydrogen) atoms. The smallest absolute Gasteiger partial charge is 0.255 e. The predicted molar refractivity (Wildman–Crippen MR) is 155 cm³/mol. The monoisotopic (exact) mass is 492 g/mol. The zero-order valence-electron chi connectivity index (χ0n) is 20.5. The molecule has 0 spiro atoms. The highest BCUT2D eigenvalue weighted by Gasteiger charge is 2.15. The maximum Gasteiger partial charge on any atom is 0.255 e. The predicted octanol–water partition coefficient (Wildman–Crippen LogP) is 7.96. The second-order valence-corrected chi connectivity index (χ2v) is 8.85. The molecule has 5 heteroatoms. The van der Waals surface area contributed by atoms with E-state index < -0.39 is 0 Å². The lowest BCUT2D eigenvalue weighted by Gasteiger charge is -2.14. The molecule has 0 radical (unpaired) electrons. The summed E-state index contributed by atoms with van der Waals surface area (Å²) in [4.78, 5) is 23.3. The van der Waals surface area contributed by atoms with Gasteiger partial charge in [-0.05, 0) is 42.5 Å². The number of hydrogen-bond donors (Lipinski definition) is 2. The standard InChI is InChI=1S/C33H24N4O/c38-33(37-28-19-11-10-18-27(28)34-26-16-8-3-9-17-26)25-20-21-29-30(22-25)36-32(24-14-6-2-7-15-24)31(35-29)23-12-4-1-5-13-23/h1-22,34H,(H,37,38). The molecule has 0 saturated heterocycles. The number of hydrogen-bond acceptors (Lipinski definition) is 4. The number of aromatic nitrogens is 2. The SMILES string of the molecule is O=C(Nc1ccccc1Nc1ccccc1)c1ccc2nc(-c3ccccc3)c(-c3ccccc3)nc2c1. The van der Waals surface area contributed by atoms with Crippen LogP contribution in [0.5, 0.6) is 0 Å². The van der Waals surface area contributed by atoms with Crippen molar-refractivity contribution >= 4 is 34.0 Å². The van der Waals surface area contributed by atoms with Gasteiger partial charge < -0.3 is 10.6 Å². The number of amides is 1. The van der Waals surface area contributed by atoms with Gasteiger partial charge in [-0.1, -0.05) is 91.0 Å². The number of para-hydroxylation sites is 3. The lowest BCUT2D eigenvalue weighted by atomic mass is 10.0. The summed E-state index contributed by atoms with van der Waals surface area (Å²) in [7, 11) is 0. The summed E-state index contributed by atoms with van der Waals surface area (Å²) in [5.41, 5.74) is 7.88. The first kappa shape index (κ1) is 23.1.